The van der Waals surface area contributed by atoms with E-state index in [4.69, 9.17) is 10.2 Å². The first kappa shape index (κ1) is 9.18. The van der Waals surface area contributed by atoms with Crippen LogP contribution in [0.3, 0.4) is 0 Å². The summed E-state index contributed by atoms with van der Waals surface area (Å²) in [6.07, 6.45) is 0. The Bertz CT molecular complexity index is 9.61. The van der Waals surface area contributed by atoms with Crippen molar-refractivity contribution in [2.45, 2.75) is 0 Å². The molecule has 0 radical (unpaired) electrons. The van der Waals surface area contributed by atoms with Gasteiger partial charge in [0.05, 0.1) is 0 Å². The third kappa shape index (κ3) is 12.0. The van der Waals surface area contributed by atoms with Gasteiger partial charge < -0.3 is 10.2 Å². The molecular weight excluding hydrogens is 253 g/mol. The molecule has 0 spiro atoms. The third-order valence-corrected chi connectivity index (χ3v) is 0.0816. The zero-order chi connectivity index (χ0) is 3.41. The van der Waals surface area contributed by atoms with Crippen LogP contribution in [0.2, 0.25) is 0 Å². The van der Waals surface area contributed by atoms with Gasteiger partial charge in [0.15, 0.2) is 0 Å². The molecule has 0 rings (SSSR count). The van der Waals surface area contributed by atoms with Gasteiger partial charge in [-0.2, -0.15) is 6.61 Å². The molecule has 2 nitrogen and oxygen atoms in total. The third-order valence-electron chi connectivity index (χ3n) is 0.0816. The van der Waals surface area contributed by atoms with Crippen LogP contribution in [0.25, 0.3) is 0 Å². The summed E-state index contributed by atoms with van der Waals surface area (Å²) in [5.74, 6) is 0. The van der Waals surface area contributed by atoms with Gasteiger partial charge in [-0.05, 0) is 0 Å². The molecule has 0 atom stereocenters. The molecule has 0 saturated carbocycles. The van der Waals surface area contributed by atoms with E-state index in [0.717, 1.165) is 0 Å². The fourth-order valence-corrected chi connectivity index (χ4v) is 0. The summed E-state index contributed by atoms with van der Waals surface area (Å²) in [4.78, 5) is 0. The molecule has 0 aliphatic rings. The molecule has 0 fully saturated rings. The van der Waals surface area contributed by atoms with Crippen molar-refractivity contribution in [3.8, 4) is 0 Å². The summed E-state index contributed by atoms with van der Waals surface area (Å²) in [5.41, 5.74) is 0. The Kier molecular flexibility index (Phi) is 16.2. The molecule has 2 N–H and O–H groups in total. The van der Waals surface area contributed by atoms with Gasteiger partial charge in [0, 0.05) is 0 Å². The van der Waals surface area contributed by atoms with E-state index < -0.39 is 0 Å². The topological polar surface area (TPSA) is 40.5 Å². The van der Waals surface area contributed by atoms with Gasteiger partial charge >= 0.3 is 22.4 Å². The van der Waals surface area contributed by atoms with Crippen molar-refractivity contribution in [3.05, 3.63) is 6.61 Å². The Hall–Kier alpha value is 0.660. The van der Waals surface area contributed by atoms with Crippen molar-refractivity contribution in [2.75, 3.05) is 6.61 Å². The van der Waals surface area contributed by atoms with Crippen LogP contribution < -0.4 is 0 Å². The fraction of sp³-hybridized carbons (Fsp3) is 0.500. The van der Waals surface area contributed by atoms with E-state index in [2.05, 4.69) is 0 Å². The molecule has 0 saturated heterocycles. The summed E-state index contributed by atoms with van der Waals surface area (Å²) in [6, 6.07) is 0. The van der Waals surface area contributed by atoms with Crippen LogP contribution in [-0.2, 0) is 22.4 Å². The Morgan fingerprint density at radius 2 is 1.80 bits per heavy atom. The van der Waals surface area contributed by atoms with Gasteiger partial charge in [0.2, 0.25) is 0 Å². The van der Waals surface area contributed by atoms with Crippen molar-refractivity contribution in [2.24, 2.45) is 0 Å². The molecule has 0 heterocycles. The first-order valence-electron chi connectivity index (χ1n) is 0.983. The minimum atomic E-state index is -0.250. The second-order valence-electron chi connectivity index (χ2n) is 0.365. The van der Waals surface area contributed by atoms with Gasteiger partial charge in [0.1, 0.15) is 0 Å². The number of aliphatic hydroxyl groups is 2. The Morgan fingerprint density at radius 3 is 1.80 bits per heavy atom. The number of rotatable bonds is 1. The average molecular weight is 258 g/mol. The smallest absolute Gasteiger partial charge is 0.564 e. The molecule has 0 amide bonds. The van der Waals surface area contributed by atoms with E-state index >= 15 is 0 Å². The van der Waals surface area contributed by atoms with E-state index in [1.165, 1.54) is 0 Å². The second kappa shape index (κ2) is 8.82. The van der Waals surface area contributed by atoms with E-state index in [9.17, 15) is 0 Å². The maximum atomic E-state index is 7.57. The van der Waals surface area contributed by atoms with Crippen molar-refractivity contribution in [3.63, 3.8) is 0 Å². The summed E-state index contributed by atoms with van der Waals surface area (Å²) >= 11 is 0. The molecule has 0 aliphatic heterocycles. The molecule has 0 aromatic heterocycles. The molecule has 0 aromatic carbocycles. The SMILES string of the molecule is O[CH-]CO.[Au+]. The first-order chi connectivity index (χ1) is 1.91. The maximum Gasteiger partial charge on any atom is 1.00 e. The minimum absolute atomic E-state index is 0. The normalized spacial score (nSPS) is 6.00. The number of hydrogen-bond acceptors (Lipinski definition) is 2. The largest absolute Gasteiger partial charge is 1.00 e. The monoisotopic (exact) mass is 258 g/mol. The zero-order valence-corrected chi connectivity index (χ0v) is 4.65. The molecule has 0 aromatic rings. The van der Waals surface area contributed by atoms with Gasteiger partial charge in [-0.15, -0.1) is 0 Å². The second-order valence-corrected chi connectivity index (χ2v) is 0.365. The molecule has 0 unspecified atom stereocenters. The Balaban J connectivity index is 0. The molecule has 36 valence electrons. The zero-order valence-electron chi connectivity index (χ0n) is 2.48. The standard InChI is InChI=1S/C2H5O2.Au/c3-1-2-4;/h1,3-4H,2H2;/q-1;+1. The van der Waals surface area contributed by atoms with Crippen molar-refractivity contribution < 1.29 is 32.6 Å². The number of hydrogen-bond donors (Lipinski definition) is 2. The fourth-order valence-electron chi connectivity index (χ4n) is 0. The van der Waals surface area contributed by atoms with Crippen molar-refractivity contribution in [1.82, 2.24) is 0 Å². The van der Waals surface area contributed by atoms with Crippen LogP contribution in [-0.4, -0.2) is 16.8 Å². The quantitative estimate of drug-likeness (QED) is 0.492. The predicted molar refractivity (Wildman–Crippen MR) is 13.3 cm³/mol. The van der Waals surface area contributed by atoms with Gasteiger partial charge in [0.25, 0.3) is 0 Å². The van der Waals surface area contributed by atoms with Crippen LogP contribution in [0.4, 0.5) is 0 Å². The molecule has 0 aliphatic carbocycles. The van der Waals surface area contributed by atoms with E-state index in [-0.39, 0.29) is 29.0 Å². The molecule has 0 bridgehead atoms. The Labute approximate surface area is 46.3 Å². The van der Waals surface area contributed by atoms with Crippen molar-refractivity contribution in [1.29, 1.82) is 0 Å². The van der Waals surface area contributed by atoms with Gasteiger partial charge in [-0.3, -0.25) is 0 Å². The van der Waals surface area contributed by atoms with Crippen LogP contribution in [0.1, 0.15) is 0 Å². The van der Waals surface area contributed by atoms with Gasteiger partial charge in [-0.1, -0.05) is 6.61 Å². The molecule has 5 heavy (non-hydrogen) atoms. The molecular formula is C2H5AuO2. The summed E-state index contributed by atoms with van der Waals surface area (Å²) in [5, 5.41) is 15.1. The van der Waals surface area contributed by atoms with Crippen LogP contribution >= 0.6 is 0 Å². The number of aliphatic hydroxyl groups excluding tert-OH is 2. The summed E-state index contributed by atoms with van der Waals surface area (Å²) in [6.45, 7) is 0.431. The van der Waals surface area contributed by atoms with Gasteiger partial charge in [-0.25, -0.2) is 0 Å². The van der Waals surface area contributed by atoms with Crippen molar-refractivity contribution >= 4 is 0 Å². The minimum Gasteiger partial charge on any atom is -0.564 e. The van der Waals surface area contributed by atoms with Crippen LogP contribution in [0.5, 0.6) is 0 Å². The Morgan fingerprint density at radius 1 is 1.60 bits per heavy atom. The first-order valence-corrected chi connectivity index (χ1v) is 0.983. The van der Waals surface area contributed by atoms with E-state index in [0.29, 0.717) is 6.61 Å². The van der Waals surface area contributed by atoms with E-state index in [1.54, 1.807) is 0 Å². The predicted octanol–water partition coefficient (Wildman–Crippen LogP) is -0.490. The van der Waals surface area contributed by atoms with Crippen LogP contribution in [0.15, 0.2) is 0 Å². The average Bonchev–Trinajstić information content (AvgIpc) is 1.37. The summed E-state index contributed by atoms with van der Waals surface area (Å²) in [7, 11) is 0. The molecule has 3 heteroatoms. The van der Waals surface area contributed by atoms with E-state index in [1.807, 2.05) is 0 Å². The van der Waals surface area contributed by atoms with Crippen LogP contribution in [0, 0.1) is 6.61 Å². The maximum absolute atomic E-state index is 7.57. The summed E-state index contributed by atoms with van der Waals surface area (Å²) < 4.78 is 0.